The van der Waals surface area contributed by atoms with Crippen molar-refractivity contribution < 1.29 is 0 Å². The number of nitrogens with zero attached hydrogens (tertiary/aromatic N) is 2. The maximum Gasteiger partial charge on any atom is 0.145 e. The Kier molecular flexibility index (Phi) is 2.67. The molecule has 0 fully saturated rings. The maximum absolute atomic E-state index is 6.27. The third-order valence-corrected chi connectivity index (χ3v) is 4.60. The van der Waals surface area contributed by atoms with Gasteiger partial charge in [-0.05, 0) is 30.3 Å². The quantitative estimate of drug-likeness (QED) is 0.516. The molecule has 3 N–H and O–H groups in total. The smallest absolute Gasteiger partial charge is 0.145 e. The molecule has 4 heteroatoms. The number of nitrogen functional groups attached to an aromatic ring is 1. The van der Waals surface area contributed by atoms with Gasteiger partial charge in [-0.15, -0.1) is 0 Å². The highest BCUT2D eigenvalue weighted by Gasteiger charge is 2.28. The standard InChI is InChI=1S/C20H16N4/c21-15-9-3-1-7-13(15)19-22-16-10-4-2-8-14(16)20-23-17-11-5-6-12-18(17)24(19)20/h1-12,19,22H,21H2/t19-/m1/s1. The number of imidazole rings is 1. The van der Waals surface area contributed by atoms with Crippen molar-refractivity contribution in [1.29, 1.82) is 0 Å². The summed E-state index contributed by atoms with van der Waals surface area (Å²) in [6.45, 7) is 0. The fourth-order valence-corrected chi connectivity index (χ4v) is 3.49. The zero-order chi connectivity index (χ0) is 16.1. The molecular weight excluding hydrogens is 296 g/mol. The van der Waals surface area contributed by atoms with Gasteiger partial charge in [-0.3, -0.25) is 4.57 Å². The molecule has 5 rings (SSSR count). The molecule has 4 nitrogen and oxygen atoms in total. The van der Waals surface area contributed by atoms with Crippen LogP contribution in [-0.2, 0) is 0 Å². The molecule has 0 amide bonds. The first-order valence-electron chi connectivity index (χ1n) is 8.00. The van der Waals surface area contributed by atoms with E-state index in [1.54, 1.807) is 0 Å². The molecule has 0 saturated heterocycles. The van der Waals surface area contributed by atoms with Crippen molar-refractivity contribution in [2.45, 2.75) is 6.17 Å². The van der Waals surface area contributed by atoms with Crippen molar-refractivity contribution in [2.24, 2.45) is 0 Å². The molecule has 0 unspecified atom stereocenters. The molecule has 0 bridgehead atoms. The lowest BCUT2D eigenvalue weighted by molar-refractivity contribution is 0.671. The highest BCUT2D eigenvalue weighted by molar-refractivity contribution is 5.87. The van der Waals surface area contributed by atoms with Gasteiger partial charge in [0.15, 0.2) is 0 Å². The summed E-state index contributed by atoms with van der Waals surface area (Å²) in [4.78, 5) is 4.88. The Labute approximate surface area is 139 Å². The van der Waals surface area contributed by atoms with Gasteiger partial charge in [-0.25, -0.2) is 4.98 Å². The average molecular weight is 312 g/mol. The van der Waals surface area contributed by atoms with E-state index in [0.717, 1.165) is 39.4 Å². The van der Waals surface area contributed by atoms with Gasteiger partial charge >= 0.3 is 0 Å². The van der Waals surface area contributed by atoms with Crippen molar-refractivity contribution in [3.05, 3.63) is 78.4 Å². The summed E-state index contributed by atoms with van der Waals surface area (Å²) in [5.74, 6) is 0.971. The number of nitrogens with one attached hydrogen (secondary N) is 1. The molecule has 1 atom stereocenters. The molecule has 2 heterocycles. The number of nitrogens with two attached hydrogens (primary N) is 1. The van der Waals surface area contributed by atoms with Crippen LogP contribution in [0.4, 0.5) is 11.4 Å². The molecule has 0 aliphatic carbocycles. The lowest BCUT2D eigenvalue weighted by Gasteiger charge is -2.31. The fourth-order valence-electron chi connectivity index (χ4n) is 3.49. The minimum Gasteiger partial charge on any atom is -0.398 e. The normalized spacial score (nSPS) is 15.6. The van der Waals surface area contributed by atoms with Crippen LogP contribution in [0.25, 0.3) is 22.4 Å². The highest BCUT2D eigenvalue weighted by atomic mass is 15.2. The van der Waals surface area contributed by atoms with E-state index in [1.165, 1.54) is 0 Å². The summed E-state index contributed by atoms with van der Waals surface area (Å²) in [6, 6.07) is 24.5. The summed E-state index contributed by atoms with van der Waals surface area (Å²) in [5, 5.41) is 3.63. The zero-order valence-corrected chi connectivity index (χ0v) is 13.0. The number of benzene rings is 3. The maximum atomic E-state index is 6.27. The molecule has 1 aromatic heterocycles. The van der Waals surface area contributed by atoms with E-state index in [9.17, 15) is 0 Å². The minimum absolute atomic E-state index is 0.0801. The Morgan fingerprint density at radius 2 is 1.62 bits per heavy atom. The van der Waals surface area contributed by atoms with Crippen LogP contribution in [0.5, 0.6) is 0 Å². The number of aromatic nitrogens is 2. The van der Waals surface area contributed by atoms with Crippen LogP contribution >= 0.6 is 0 Å². The van der Waals surface area contributed by atoms with Crippen molar-refractivity contribution in [3.63, 3.8) is 0 Å². The predicted molar refractivity (Wildman–Crippen MR) is 97.8 cm³/mol. The second kappa shape index (κ2) is 4.86. The first-order valence-corrected chi connectivity index (χ1v) is 8.00. The number of para-hydroxylation sites is 4. The Morgan fingerprint density at radius 1 is 0.875 bits per heavy atom. The van der Waals surface area contributed by atoms with E-state index in [2.05, 4.69) is 40.2 Å². The fraction of sp³-hybridized carbons (Fsp3) is 0.0500. The van der Waals surface area contributed by atoms with Gasteiger partial charge in [0.1, 0.15) is 12.0 Å². The van der Waals surface area contributed by atoms with Gasteiger partial charge in [0.2, 0.25) is 0 Å². The summed E-state index contributed by atoms with van der Waals surface area (Å²) in [5.41, 5.74) is 12.4. The molecule has 3 aromatic carbocycles. The van der Waals surface area contributed by atoms with Crippen molar-refractivity contribution in [1.82, 2.24) is 9.55 Å². The molecule has 116 valence electrons. The summed E-state index contributed by atoms with van der Waals surface area (Å²) in [7, 11) is 0. The number of hydrogen-bond donors (Lipinski definition) is 2. The lowest BCUT2D eigenvalue weighted by atomic mass is 10.0. The van der Waals surface area contributed by atoms with Gasteiger partial charge < -0.3 is 11.1 Å². The van der Waals surface area contributed by atoms with Crippen molar-refractivity contribution in [3.8, 4) is 11.4 Å². The average Bonchev–Trinajstić information content (AvgIpc) is 3.01. The largest absolute Gasteiger partial charge is 0.398 e. The second-order valence-corrected chi connectivity index (χ2v) is 6.02. The Bertz CT molecular complexity index is 1060. The van der Waals surface area contributed by atoms with Crippen molar-refractivity contribution >= 4 is 22.4 Å². The lowest BCUT2D eigenvalue weighted by Crippen LogP contribution is -2.25. The van der Waals surface area contributed by atoms with Crippen LogP contribution in [0.2, 0.25) is 0 Å². The van der Waals surface area contributed by atoms with Crippen LogP contribution in [0.1, 0.15) is 11.7 Å². The SMILES string of the molecule is Nc1ccccc1[C@@H]1Nc2ccccc2-c2nc3ccccc3n21. The summed E-state index contributed by atoms with van der Waals surface area (Å²) in [6.07, 6.45) is -0.0801. The van der Waals surface area contributed by atoms with Crippen LogP contribution in [0.15, 0.2) is 72.8 Å². The molecule has 0 saturated carbocycles. The monoisotopic (exact) mass is 312 g/mol. The molecule has 4 aromatic rings. The predicted octanol–water partition coefficient (Wildman–Crippen LogP) is 4.26. The first kappa shape index (κ1) is 13.2. The first-order chi connectivity index (χ1) is 11.8. The highest BCUT2D eigenvalue weighted by Crippen LogP contribution is 2.41. The zero-order valence-electron chi connectivity index (χ0n) is 13.0. The second-order valence-electron chi connectivity index (χ2n) is 6.02. The topological polar surface area (TPSA) is 55.9 Å². The van der Waals surface area contributed by atoms with Gasteiger partial charge in [0.25, 0.3) is 0 Å². The minimum atomic E-state index is -0.0801. The van der Waals surface area contributed by atoms with E-state index in [-0.39, 0.29) is 6.17 Å². The van der Waals surface area contributed by atoms with Gasteiger partial charge in [0, 0.05) is 22.5 Å². The molecule has 24 heavy (non-hydrogen) atoms. The Hall–Kier alpha value is -3.27. The molecular formula is C20H16N4. The molecule has 0 spiro atoms. The van der Waals surface area contributed by atoms with Crippen LogP contribution in [-0.4, -0.2) is 9.55 Å². The number of fused-ring (bicyclic) bond motifs is 5. The summed E-state index contributed by atoms with van der Waals surface area (Å²) < 4.78 is 2.24. The summed E-state index contributed by atoms with van der Waals surface area (Å²) >= 11 is 0. The number of anilines is 2. The van der Waals surface area contributed by atoms with Crippen LogP contribution < -0.4 is 11.1 Å². The van der Waals surface area contributed by atoms with E-state index in [1.807, 2.05) is 42.5 Å². The third-order valence-electron chi connectivity index (χ3n) is 4.60. The number of hydrogen-bond acceptors (Lipinski definition) is 3. The Balaban J connectivity index is 1.86. The molecule has 1 aliphatic rings. The van der Waals surface area contributed by atoms with Gasteiger partial charge in [-0.1, -0.05) is 42.5 Å². The molecule has 1 aliphatic heterocycles. The van der Waals surface area contributed by atoms with E-state index >= 15 is 0 Å². The van der Waals surface area contributed by atoms with Gasteiger partial charge in [0.05, 0.1) is 11.0 Å². The van der Waals surface area contributed by atoms with E-state index in [0.29, 0.717) is 0 Å². The number of rotatable bonds is 1. The van der Waals surface area contributed by atoms with Crippen molar-refractivity contribution in [2.75, 3.05) is 11.1 Å². The molecule has 0 radical (unpaired) electrons. The van der Waals surface area contributed by atoms with Crippen LogP contribution in [0, 0.1) is 0 Å². The van der Waals surface area contributed by atoms with Gasteiger partial charge in [-0.2, -0.15) is 0 Å². The van der Waals surface area contributed by atoms with Crippen LogP contribution in [0.3, 0.4) is 0 Å². The van der Waals surface area contributed by atoms with E-state index in [4.69, 9.17) is 10.7 Å². The van der Waals surface area contributed by atoms with E-state index < -0.39 is 0 Å². The third kappa shape index (κ3) is 1.77. The Morgan fingerprint density at radius 3 is 2.54 bits per heavy atom.